The Morgan fingerprint density at radius 2 is 2.42 bits per heavy atom. The summed E-state index contributed by atoms with van der Waals surface area (Å²) in [4.78, 5) is 0. The summed E-state index contributed by atoms with van der Waals surface area (Å²) in [5.74, 6) is 1.47. The molecule has 3 heteroatoms. The van der Waals surface area contributed by atoms with Crippen molar-refractivity contribution in [3.63, 3.8) is 0 Å². The molecule has 0 amide bonds. The third-order valence-corrected chi connectivity index (χ3v) is 2.63. The van der Waals surface area contributed by atoms with Crippen LogP contribution in [0.25, 0.3) is 0 Å². The van der Waals surface area contributed by atoms with Crippen LogP contribution in [0.3, 0.4) is 0 Å². The highest BCUT2D eigenvalue weighted by Gasteiger charge is 2.22. The molecule has 1 heterocycles. The Hall–Kier alpha value is -0.500. The molecule has 2 nitrogen and oxygen atoms in total. The van der Waals surface area contributed by atoms with Gasteiger partial charge >= 0.3 is 0 Å². The zero-order valence-corrected chi connectivity index (χ0v) is 8.01. The van der Waals surface area contributed by atoms with Gasteiger partial charge in [0.15, 0.2) is 0 Å². The van der Waals surface area contributed by atoms with Gasteiger partial charge in [-0.05, 0) is 31.2 Å². The van der Waals surface area contributed by atoms with Crippen LogP contribution in [0, 0.1) is 5.92 Å². The molecule has 1 aromatic heterocycles. The Balaban J connectivity index is 2.10. The molecule has 0 radical (unpaired) electrons. The van der Waals surface area contributed by atoms with Crippen molar-refractivity contribution in [2.24, 2.45) is 13.0 Å². The third-order valence-electron chi connectivity index (χ3n) is 2.36. The first kappa shape index (κ1) is 8.11. The molecule has 0 bridgehead atoms. The van der Waals surface area contributed by atoms with Crippen LogP contribution >= 0.6 is 11.6 Å². The number of nitrogens with zero attached hydrogens (tertiary/aromatic N) is 2. The maximum atomic E-state index is 5.74. The van der Waals surface area contributed by atoms with Gasteiger partial charge in [-0.3, -0.25) is 4.68 Å². The molecule has 0 spiro atoms. The molecule has 0 saturated heterocycles. The van der Waals surface area contributed by atoms with E-state index in [9.17, 15) is 0 Å². The van der Waals surface area contributed by atoms with Gasteiger partial charge in [0.1, 0.15) is 0 Å². The van der Waals surface area contributed by atoms with Crippen LogP contribution in [0.5, 0.6) is 0 Å². The maximum Gasteiger partial charge on any atom is 0.0644 e. The second-order valence-corrected chi connectivity index (χ2v) is 3.80. The minimum atomic E-state index is 0.564. The van der Waals surface area contributed by atoms with Gasteiger partial charge in [0.05, 0.1) is 17.3 Å². The van der Waals surface area contributed by atoms with Crippen LogP contribution in [0.15, 0.2) is 6.07 Å². The molecule has 1 aliphatic carbocycles. The Labute approximate surface area is 77.5 Å². The molecule has 1 aromatic rings. The Bertz CT molecular complexity index is 276. The van der Waals surface area contributed by atoms with Crippen molar-refractivity contribution in [1.29, 1.82) is 0 Å². The van der Waals surface area contributed by atoms with E-state index in [-0.39, 0.29) is 0 Å². The van der Waals surface area contributed by atoms with Gasteiger partial charge in [-0.1, -0.05) is 0 Å². The van der Waals surface area contributed by atoms with Crippen LogP contribution in [-0.2, 0) is 19.3 Å². The van der Waals surface area contributed by atoms with E-state index in [1.807, 2.05) is 11.7 Å². The average Bonchev–Trinajstić information content (AvgIpc) is 2.76. The molecule has 0 N–H and O–H groups in total. The Morgan fingerprint density at radius 1 is 1.67 bits per heavy atom. The number of hydrogen-bond donors (Lipinski definition) is 0. The molecule has 1 aliphatic rings. The summed E-state index contributed by atoms with van der Waals surface area (Å²) >= 11 is 5.74. The molecular formula is C9H13ClN2. The molecule has 66 valence electrons. The topological polar surface area (TPSA) is 17.8 Å². The highest BCUT2D eigenvalue weighted by molar-refractivity contribution is 6.16. The zero-order chi connectivity index (χ0) is 8.55. The highest BCUT2D eigenvalue weighted by atomic mass is 35.5. The first-order valence-electron chi connectivity index (χ1n) is 4.37. The van der Waals surface area contributed by atoms with E-state index in [2.05, 4.69) is 11.2 Å². The first-order chi connectivity index (χ1) is 5.79. The van der Waals surface area contributed by atoms with Crippen molar-refractivity contribution < 1.29 is 0 Å². The highest BCUT2D eigenvalue weighted by Crippen LogP contribution is 2.32. The molecule has 0 atom stereocenters. The summed E-state index contributed by atoms with van der Waals surface area (Å²) in [5, 5.41) is 4.39. The van der Waals surface area contributed by atoms with Gasteiger partial charge in [-0.25, -0.2) is 0 Å². The summed E-state index contributed by atoms with van der Waals surface area (Å²) in [6, 6.07) is 2.12. The van der Waals surface area contributed by atoms with E-state index >= 15 is 0 Å². The van der Waals surface area contributed by atoms with E-state index in [0.717, 1.165) is 18.0 Å². The van der Waals surface area contributed by atoms with Crippen molar-refractivity contribution in [3.8, 4) is 0 Å². The predicted octanol–water partition coefficient (Wildman–Crippen LogP) is 2.11. The number of halogens is 1. The third kappa shape index (κ3) is 1.63. The van der Waals surface area contributed by atoms with Gasteiger partial charge in [-0.15, -0.1) is 11.6 Å². The molecular weight excluding hydrogens is 172 g/mol. The van der Waals surface area contributed by atoms with Crippen LogP contribution in [0.1, 0.15) is 24.2 Å². The van der Waals surface area contributed by atoms with E-state index in [4.69, 9.17) is 11.6 Å². The van der Waals surface area contributed by atoms with Crippen molar-refractivity contribution in [1.82, 2.24) is 9.78 Å². The Kier molecular flexibility index (Phi) is 2.09. The monoisotopic (exact) mass is 184 g/mol. The minimum absolute atomic E-state index is 0.564. The number of aryl methyl sites for hydroxylation is 1. The fourth-order valence-corrected chi connectivity index (χ4v) is 1.66. The van der Waals surface area contributed by atoms with Gasteiger partial charge in [0.25, 0.3) is 0 Å². The number of hydrogen-bond acceptors (Lipinski definition) is 1. The lowest BCUT2D eigenvalue weighted by Crippen LogP contribution is -1.96. The predicted molar refractivity (Wildman–Crippen MR) is 49.2 cm³/mol. The van der Waals surface area contributed by atoms with E-state index in [0.29, 0.717) is 5.88 Å². The van der Waals surface area contributed by atoms with Crippen molar-refractivity contribution in [2.75, 3.05) is 0 Å². The van der Waals surface area contributed by atoms with Crippen molar-refractivity contribution >= 4 is 11.6 Å². The molecule has 0 aromatic carbocycles. The quantitative estimate of drug-likeness (QED) is 0.658. The summed E-state index contributed by atoms with van der Waals surface area (Å²) < 4.78 is 1.88. The fraction of sp³-hybridized carbons (Fsp3) is 0.667. The normalized spacial score (nSPS) is 16.8. The summed E-state index contributed by atoms with van der Waals surface area (Å²) in [5.41, 5.74) is 2.32. The average molecular weight is 185 g/mol. The van der Waals surface area contributed by atoms with E-state index in [1.165, 1.54) is 18.5 Å². The van der Waals surface area contributed by atoms with Crippen LogP contribution in [0.4, 0.5) is 0 Å². The smallest absolute Gasteiger partial charge is 0.0644 e. The minimum Gasteiger partial charge on any atom is -0.271 e. The van der Waals surface area contributed by atoms with Gasteiger partial charge < -0.3 is 0 Å². The van der Waals surface area contributed by atoms with Gasteiger partial charge in [0.2, 0.25) is 0 Å². The van der Waals surface area contributed by atoms with Crippen LogP contribution in [0.2, 0.25) is 0 Å². The van der Waals surface area contributed by atoms with Gasteiger partial charge in [-0.2, -0.15) is 5.10 Å². The largest absolute Gasteiger partial charge is 0.271 e. The lowest BCUT2D eigenvalue weighted by Gasteiger charge is -1.92. The number of alkyl halides is 1. The van der Waals surface area contributed by atoms with Crippen LogP contribution < -0.4 is 0 Å². The van der Waals surface area contributed by atoms with Crippen molar-refractivity contribution in [3.05, 3.63) is 17.5 Å². The van der Waals surface area contributed by atoms with Crippen LogP contribution in [-0.4, -0.2) is 9.78 Å². The molecule has 0 aliphatic heterocycles. The van der Waals surface area contributed by atoms with E-state index in [1.54, 1.807) is 0 Å². The summed E-state index contributed by atoms with van der Waals surface area (Å²) in [6.45, 7) is 0. The lowest BCUT2D eigenvalue weighted by atomic mass is 10.2. The number of rotatable bonds is 3. The SMILES string of the molecule is Cn1nc(CC2CC2)cc1CCl. The standard InChI is InChI=1S/C9H13ClN2/c1-12-9(6-10)5-8(11-12)4-7-2-3-7/h5,7H,2-4,6H2,1H3. The van der Waals surface area contributed by atoms with Gasteiger partial charge in [0, 0.05) is 7.05 Å². The summed E-state index contributed by atoms with van der Waals surface area (Å²) in [7, 11) is 1.95. The van der Waals surface area contributed by atoms with Crippen molar-refractivity contribution in [2.45, 2.75) is 25.1 Å². The maximum absolute atomic E-state index is 5.74. The Morgan fingerprint density at radius 3 is 2.92 bits per heavy atom. The summed E-state index contributed by atoms with van der Waals surface area (Å²) in [6.07, 6.45) is 3.91. The molecule has 1 saturated carbocycles. The second-order valence-electron chi connectivity index (χ2n) is 3.53. The lowest BCUT2D eigenvalue weighted by molar-refractivity contribution is 0.699. The fourth-order valence-electron chi connectivity index (χ4n) is 1.41. The molecule has 1 fully saturated rings. The molecule has 12 heavy (non-hydrogen) atoms. The second kappa shape index (κ2) is 3.09. The first-order valence-corrected chi connectivity index (χ1v) is 4.91. The zero-order valence-electron chi connectivity index (χ0n) is 7.26. The van der Waals surface area contributed by atoms with E-state index < -0.39 is 0 Å². The molecule has 2 rings (SSSR count). The number of aromatic nitrogens is 2. The molecule has 0 unspecified atom stereocenters.